The van der Waals surface area contributed by atoms with E-state index in [0.717, 1.165) is 0 Å². The highest BCUT2D eigenvalue weighted by Crippen LogP contribution is 2.22. The Morgan fingerprint density at radius 3 is 3.00 bits per heavy atom. The van der Waals surface area contributed by atoms with Crippen LogP contribution in [-0.2, 0) is 9.59 Å². The molecule has 1 aromatic carbocycles. The van der Waals surface area contributed by atoms with Crippen LogP contribution in [0.1, 0.15) is 6.42 Å². The predicted octanol–water partition coefficient (Wildman–Crippen LogP) is 1.40. The van der Waals surface area contributed by atoms with Crippen molar-refractivity contribution in [2.75, 3.05) is 13.1 Å². The van der Waals surface area contributed by atoms with Crippen LogP contribution in [0, 0.1) is 0 Å². The van der Waals surface area contributed by atoms with E-state index in [4.69, 9.17) is 21.4 Å². The Morgan fingerprint density at radius 1 is 1.56 bits per heavy atom. The third kappa shape index (κ3) is 2.92. The lowest BCUT2D eigenvalue weighted by Crippen LogP contribution is -2.35. The molecule has 18 heavy (non-hydrogen) atoms. The second-order valence-electron chi connectivity index (χ2n) is 4.01. The van der Waals surface area contributed by atoms with Crippen molar-refractivity contribution in [1.29, 1.82) is 0 Å². The van der Waals surface area contributed by atoms with E-state index >= 15 is 0 Å². The molecule has 1 fully saturated rings. The van der Waals surface area contributed by atoms with E-state index in [0.29, 0.717) is 23.7 Å². The summed E-state index contributed by atoms with van der Waals surface area (Å²) in [4.78, 5) is 23.7. The van der Waals surface area contributed by atoms with Gasteiger partial charge in [0.2, 0.25) is 0 Å². The zero-order chi connectivity index (χ0) is 13.1. The van der Waals surface area contributed by atoms with Crippen LogP contribution >= 0.6 is 11.6 Å². The predicted molar refractivity (Wildman–Crippen MR) is 64.7 cm³/mol. The summed E-state index contributed by atoms with van der Waals surface area (Å²) in [6.07, 6.45) is -0.138. The fourth-order valence-electron chi connectivity index (χ4n) is 1.84. The van der Waals surface area contributed by atoms with Crippen LogP contribution < -0.4 is 4.74 Å². The first-order chi connectivity index (χ1) is 8.56. The van der Waals surface area contributed by atoms with Crippen molar-refractivity contribution in [2.45, 2.75) is 12.5 Å². The van der Waals surface area contributed by atoms with Gasteiger partial charge in [-0.15, -0.1) is 0 Å². The number of likely N-dealkylation sites (tertiary alicyclic amines) is 1. The van der Waals surface area contributed by atoms with Gasteiger partial charge < -0.3 is 14.7 Å². The number of nitrogens with zero attached hydrogens (tertiary/aromatic N) is 1. The summed E-state index contributed by atoms with van der Waals surface area (Å²) in [7, 11) is 0. The Balaban J connectivity index is 1.99. The van der Waals surface area contributed by atoms with Crippen molar-refractivity contribution >= 4 is 23.5 Å². The molecule has 0 saturated carbocycles. The summed E-state index contributed by atoms with van der Waals surface area (Å²) in [6.45, 7) is 0.116. The lowest BCUT2D eigenvalue weighted by Gasteiger charge is -2.15. The van der Waals surface area contributed by atoms with Crippen molar-refractivity contribution in [1.82, 2.24) is 4.90 Å². The zero-order valence-electron chi connectivity index (χ0n) is 9.51. The van der Waals surface area contributed by atoms with Gasteiger partial charge in [0.1, 0.15) is 12.3 Å². The van der Waals surface area contributed by atoms with E-state index in [-0.39, 0.29) is 12.5 Å². The van der Waals surface area contributed by atoms with Crippen molar-refractivity contribution < 1.29 is 19.4 Å². The van der Waals surface area contributed by atoms with E-state index in [1.165, 1.54) is 4.90 Å². The van der Waals surface area contributed by atoms with Crippen molar-refractivity contribution in [3.8, 4) is 5.75 Å². The number of carbonyl (C=O) groups excluding carboxylic acids is 1. The first-order valence-corrected chi connectivity index (χ1v) is 5.87. The number of carboxylic acid groups (broad SMARTS) is 1. The normalized spacial score (nSPS) is 19.1. The summed E-state index contributed by atoms with van der Waals surface area (Å²) in [5.41, 5.74) is 0. The second-order valence-corrected chi connectivity index (χ2v) is 4.44. The largest absolute Gasteiger partial charge is 0.480 e. The Morgan fingerprint density at radius 2 is 2.33 bits per heavy atom. The molecule has 1 aromatic rings. The molecule has 0 aromatic heterocycles. The summed E-state index contributed by atoms with van der Waals surface area (Å²) in [5, 5.41) is 9.18. The Bertz CT molecular complexity index is 477. The minimum Gasteiger partial charge on any atom is -0.480 e. The maximum Gasteiger partial charge on any atom is 0.323 e. The third-order valence-electron chi connectivity index (χ3n) is 2.65. The number of carboxylic acids is 1. The molecular formula is C12H12ClNO4. The molecule has 0 bridgehead atoms. The quantitative estimate of drug-likeness (QED) is 0.897. The number of rotatable bonds is 4. The molecule has 1 atom stereocenters. The van der Waals surface area contributed by atoms with Crippen LogP contribution in [0.25, 0.3) is 0 Å². The molecule has 5 nitrogen and oxygen atoms in total. The molecule has 96 valence electrons. The van der Waals surface area contributed by atoms with Gasteiger partial charge in [0.25, 0.3) is 5.91 Å². The van der Waals surface area contributed by atoms with Crippen LogP contribution in [0.15, 0.2) is 24.3 Å². The van der Waals surface area contributed by atoms with Crippen LogP contribution in [0.4, 0.5) is 0 Å². The molecule has 1 unspecified atom stereocenters. The van der Waals surface area contributed by atoms with Gasteiger partial charge in [-0.05, 0) is 18.2 Å². The minimum atomic E-state index is -1.02. The van der Waals surface area contributed by atoms with Crippen LogP contribution in [0.5, 0.6) is 5.75 Å². The van der Waals surface area contributed by atoms with Crippen LogP contribution in [-0.4, -0.2) is 41.1 Å². The number of carbonyl (C=O) groups is 2. The van der Waals surface area contributed by atoms with Crippen LogP contribution in [0.2, 0.25) is 5.02 Å². The van der Waals surface area contributed by atoms with E-state index < -0.39 is 12.1 Å². The zero-order valence-corrected chi connectivity index (χ0v) is 10.3. The number of halogens is 1. The van der Waals surface area contributed by atoms with Gasteiger partial charge in [0.15, 0.2) is 6.10 Å². The molecule has 6 heteroatoms. The van der Waals surface area contributed by atoms with Gasteiger partial charge >= 0.3 is 5.97 Å². The van der Waals surface area contributed by atoms with Gasteiger partial charge in [-0.2, -0.15) is 0 Å². The highest BCUT2D eigenvalue weighted by Gasteiger charge is 2.34. The Kier molecular flexibility index (Phi) is 3.72. The molecule has 1 aliphatic heterocycles. The average Bonchev–Trinajstić information content (AvgIpc) is 2.61. The van der Waals surface area contributed by atoms with Gasteiger partial charge in [0.05, 0.1) is 0 Å². The molecule has 0 aliphatic carbocycles. The molecule has 1 saturated heterocycles. The fourth-order valence-corrected chi connectivity index (χ4v) is 2.02. The molecule has 1 amide bonds. The van der Waals surface area contributed by atoms with E-state index in [1.807, 2.05) is 0 Å². The maximum atomic E-state index is 11.8. The highest BCUT2D eigenvalue weighted by molar-refractivity contribution is 6.30. The van der Waals surface area contributed by atoms with E-state index in [9.17, 15) is 9.59 Å². The number of aliphatic carboxylic acids is 1. The Labute approximate surface area is 109 Å². The molecule has 1 aliphatic rings. The molecular weight excluding hydrogens is 258 g/mol. The highest BCUT2D eigenvalue weighted by atomic mass is 35.5. The van der Waals surface area contributed by atoms with Gasteiger partial charge in [-0.25, -0.2) is 0 Å². The molecule has 0 spiro atoms. The lowest BCUT2D eigenvalue weighted by atomic mass is 10.3. The second kappa shape index (κ2) is 5.27. The molecule has 1 heterocycles. The fraction of sp³-hybridized carbons (Fsp3) is 0.333. The average molecular weight is 270 g/mol. The number of amides is 1. The van der Waals surface area contributed by atoms with Gasteiger partial charge in [-0.1, -0.05) is 17.7 Å². The summed E-state index contributed by atoms with van der Waals surface area (Å²) >= 11 is 5.81. The van der Waals surface area contributed by atoms with Crippen molar-refractivity contribution in [2.24, 2.45) is 0 Å². The lowest BCUT2D eigenvalue weighted by molar-refractivity contribution is -0.144. The van der Waals surface area contributed by atoms with Crippen LogP contribution in [0.3, 0.4) is 0 Å². The third-order valence-corrected chi connectivity index (χ3v) is 2.88. The first-order valence-electron chi connectivity index (χ1n) is 5.49. The van der Waals surface area contributed by atoms with E-state index in [2.05, 4.69) is 0 Å². The van der Waals surface area contributed by atoms with Gasteiger partial charge in [0, 0.05) is 18.0 Å². The standard InChI is InChI=1S/C12H12ClNO4/c13-8-2-1-3-9(6-8)18-10-4-5-14(12(10)17)7-11(15)16/h1-3,6,10H,4-5,7H2,(H,15,16). The number of hydrogen-bond acceptors (Lipinski definition) is 3. The van der Waals surface area contributed by atoms with Crippen molar-refractivity contribution in [3.63, 3.8) is 0 Å². The summed E-state index contributed by atoms with van der Waals surface area (Å²) in [5.74, 6) is -0.804. The molecule has 2 rings (SSSR count). The first kappa shape index (κ1) is 12.7. The summed E-state index contributed by atoms with van der Waals surface area (Å²) in [6, 6.07) is 6.77. The minimum absolute atomic E-state index is 0.283. The number of ether oxygens (including phenoxy) is 1. The Hall–Kier alpha value is -1.75. The summed E-state index contributed by atoms with van der Waals surface area (Å²) < 4.78 is 5.51. The number of hydrogen-bond donors (Lipinski definition) is 1. The van der Waals surface area contributed by atoms with Crippen molar-refractivity contribution in [3.05, 3.63) is 29.3 Å². The topological polar surface area (TPSA) is 66.8 Å². The molecule has 0 radical (unpaired) electrons. The SMILES string of the molecule is O=C(O)CN1CCC(Oc2cccc(Cl)c2)C1=O. The van der Waals surface area contributed by atoms with Gasteiger partial charge in [-0.3, -0.25) is 9.59 Å². The number of benzene rings is 1. The smallest absolute Gasteiger partial charge is 0.323 e. The van der Waals surface area contributed by atoms with E-state index in [1.54, 1.807) is 24.3 Å². The monoisotopic (exact) mass is 269 g/mol. The molecule has 1 N–H and O–H groups in total. The maximum absolute atomic E-state index is 11.8.